The molecule has 0 saturated carbocycles. The highest BCUT2D eigenvalue weighted by atomic mass is 35.5. The predicted molar refractivity (Wildman–Crippen MR) is 67.3 cm³/mol. The van der Waals surface area contributed by atoms with Gasteiger partial charge in [-0.15, -0.1) is 0 Å². The van der Waals surface area contributed by atoms with E-state index in [1.807, 2.05) is 0 Å². The number of benzene rings is 1. The molecule has 1 N–H and O–H groups in total. The van der Waals surface area contributed by atoms with Crippen LogP contribution in [0.4, 0.5) is 11.5 Å². The minimum Gasteiger partial charge on any atom is -0.360 e. The van der Waals surface area contributed by atoms with Crippen LogP contribution in [-0.2, 0) is 0 Å². The number of carbonyl (C=O) groups is 1. The van der Waals surface area contributed by atoms with Crippen LogP contribution < -0.4 is 5.32 Å². The van der Waals surface area contributed by atoms with E-state index in [4.69, 9.17) is 16.1 Å². The second-order valence-corrected chi connectivity index (χ2v) is 4.05. The molecular weight excluding hydrogens is 274 g/mol. The zero-order chi connectivity index (χ0) is 14.0. The van der Waals surface area contributed by atoms with Gasteiger partial charge in [-0.05, 0) is 13.0 Å². The summed E-state index contributed by atoms with van der Waals surface area (Å²) >= 11 is 5.82. The molecule has 2 aromatic rings. The molecule has 19 heavy (non-hydrogen) atoms. The third-order valence-corrected chi connectivity index (χ3v) is 2.69. The number of hydrogen-bond acceptors (Lipinski definition) is 5. The summed E-state index contributed by atoms with van der Waals surface area (Å²) in [5.74, 6) is 0.146. The maximum Gasteiger partial charge on any atom is 0.288 e. The Bertz CT molecular complexity index is 653. The summed E-state index contributed by atoms with van der Waals surface area (Å²) < 4.78 is 4.79. The molecule has 7 nitrogen and oxygen atoms in total. The van der Waals surface area contributed by atoms with Crippen LogP contribution in [0.3, 0.4) is 0 Å². The average molecular weight is 282 g/mol. The fourth-order valence-corrected chi connectivity index (χ4v) is 1.73. The van der Waals surface area contributed by atoms with Crippen LogP contribution in [0.25, 0.3) is 0 Å². The van der Waals surface area contributed by atoms with Crippen molar-refractivity contribution in [1.29, 1.82) is 0 Å². The highest BCUT2D eigenvalue weighted by Crippen LogP contribution is 2.28. The van der Waals surface area contributed by atoms with Crippen LogP contribution in [0.1, 0.15) is 16.1 Å². The highest BCUT2D eigenvalue weighted by Gasteiger charge is 2.20. The van der Waals surface area contributed by atoms with Crippen molar-refractivity contribution < 1.29 is 14.2 Å². The monoisotopic (exact) mass is 281 g/mol. The van der Waals surface area contributed by atoms with E-state index in [-0.39, 0.29) is 22.1 Å². The first kappa shape index (κ1) is 13.0. The lowest BCUT2D eigenvalue weighted by atomic mass is 10.2. The molecule has 0 saturated heterocycles. The Morgan fingerprint density at radius 1 is 1.53 bits per heavy atom. The Morgan fingerprint density at radius 3 is 2.84 bits per heavy atom. The zero-order valence-electron chi connectivity index (χ0n) is 9.71. The zero-order valence-corrected chi connectivity index (χ0v) is 10.5. The lowest BCUT2D eigenvalue weighted by molar-refractivity contribution is -0.384. The molecule has 0 bridgehead atoms. The third kappa shape index (κ3) is 2.71. The molecule has 8 heteroatoms. The molecule has 0 fully saturated rings. The Hall–Kier alpha value is -2.41. The molecule has 2 rings (SSSR count). The van der Waals surface area contributed by atoms with Crippen molar-refractivity contribution in [3.05, 3.63) is 50.7 Å². The van der Waals surface area contributed by atoms with Crippen molar-refractivity contribution in [2.24, 2.45) is 0 Å². The van der Waals surface area contributed by atoms with Gasteiger partial charge in [-0.1, -0.05) is 22.8 Å². The minimum absolute atomic E-state index is 0.00322. The molecule has 0 radical (unpaired) electrons. The van der Waals surface area contributed by atoms with Crippen LogP contribution in [0.5, 0.6) is 0 Å². The Morgan fingerprint density at radius 2 is 2.26 bits per heavy atom. The minimum atomic E-state index is -0.653. The first-order chi connectivity index (χ1) is 8.99. The van der Waals surface area contributed by atoms with Gasteiger partial charge in [0.05, 0.1) is 10.5 Å². The van der Waals surface area contributed by atoms with Crippen molar-refractivity contribution in [1.82, 2.24) is 5.16 Å². The molecule has 1 amide bonds. The van der Waals surface area contributed by atoms with Gasteiger partial charge in [-0.2, -0.15) is 0 Å². The second-order valence-electron chi connectivity index (χ2n) is 3.67. The first-order valence-electron chi connectivity index (χ1n) is 5.16. The number of nitro benzene ring substituents is 1. The van der Waals surface area contributed by atoms with E-state index >= 15 is 0 Å². The molecule has 0 atom stereocenters. The lowest BCUT2D eigenvalue weighted by Gasteiger charge is -2.03. The number of nitrogens with one attached hydrogen (secondary N) is 1. The summed E-state index contributed by atoms with van der Waals surface area (Å²) in [6.45, 7) is 1.67. The largest absolute Gasteiger partial charge is 0.360 e. The molecule has 1 aromatic heterocycles. The Kier molecular flexibility index (Phi) is 3.48. The van der Waals surface area contributed by atoms with Crippen LogP contribution in [0.15, 0.2) is 28.8 Å². The summed E-state index contributed by atoms with van der Waals surface area (Å²) in [5.41, 5.74) is -0.331. The maximum absolute atomic E-state index is 11.9. The predicted octanol–water partition coefficient (Wildman–Crippen LogP) is 2.80. The summed E-state index contributed by atoms with van der Waals surface area (Å²) in [6.07, 6.45) is 0. The number of nitro groups is 1. The molecule has 0 aliphatic rings. The topological polar surface area (TPSA) is 98.3 Å². The van der Waals surface area contributed by atoms with E-state index < -0.39 is 10.8 Å². The van der Waals surface area contributed by atoms with Gasteiger partial charge in [0.15, 0.2) is 5.82 Å². The van der Waals surface area contributed by atoms with Gasteiger partial charge in [0, 0.05) is 12.1 Å². The van der Waals surface area contributed by atoms with Crippen molar-refractivity contribution in [3.63, 3.8) is 0 Å². The second kappa shape index (κ2) is 5.07. The van der Waals surface area contributed by atoms with Gasteiger partial charge in [0.1, 0.15) is 10.8 Å². The SMILES string of the molecule is Cc1cc(NC(=O)c2cccc([N+](=O)[O-])c2Cl)no1. The van der Waals surface area contributed by atoms with Gasteiger partial charge in [0.25, 0.3) is 11.6 Å². The fourth-order valence-electron chi connectivity index (χ4n) is 1.45. The summed E-state index contributed by atoms with van der Waals surface area (Å²) in [5, 5.41) is 16.5. The average Bonchev–Trinajstić information content (AvgIpc) is 2.74. The van der Waals surface area contributed by atoms with Gasteiger partial charge >= 0.3 is 0 Å². The molecule has 0 unspecified atom stereocenters. The van der Waals surface area contributed by atoms with Crippen LogP contribution in [0, 0.1) is 17.0 Å². The number of rotatable bonds is 3. The van der Waals surface area contributed by atoms with E-state index in [1.165, 1.54) is 24.3 Å². The number of anilines is 1. The third-order valence-electron chi connectivity index (χ3n) is 2.29. The fraction of sp³-hybridized carbons (Fsp3) is 0.0909. The number of amides is 1. The van der Waals surface area contributed by atoms with E-state index in [2.05, 4.69) is 10.5 Å². The van der Waals surface area contributed by atoms with Crippen molar-refractivity contribution in [2.75, 3.05) is 5.32 Å². The molecule has 1 heterocycles. The number of halogens is 1. The normalized spacial score (nSPS) is 10.2. The number of nitrogens with zero attached hydrogens (tertiary/aromatic N) is 2. The summed E-state index contributed by atoms with van der Waals surface area (Å²) in [6, 6.07) is 5.51. The smallest absolute Gasteiger partial charge is 0.288 e. The maximum atomic E-state index is 11.9. The van der Waals surface area contributed by atoms with Gasteiger partial charge < -0.3 is 9.84 Å². The number of hydrogen-bond donors (Lipinski definition) is 1. The van der Waals surface area contributed by atoms with E-state index in [9.17, 15) is 14.9 Å². The van der Waals surface area contributed by atoms with Crippen LogP contribution in [0.2, 0.25) is 5.02 Å². The van der Waals surface area contributed by atoms with Gasteiger partial charge in [0.2, 0.25) is 0 Å². The Labute approximate surface area is 112 Å². The molecule has 0 spiro atoms. The molecular formula is C11H8ClN3O4. The van der Waals surface area contributed by atoms with Crippen LogP contribution >= 0.6 is 11.6 Å². The van der Waals surface area contributed by atoms with Gasteiger partial charge in [-0.25, -0.2) is 0 Å². The summed E-state index contributed by atoms with van der Waals surface area (Å²) in [7, 11) is 0. The van der Waals surface area contributed by atoms with E-state index in [0.717, 1.165) is 0 Å². The van der Waals surface area contributed by atoms with Gasteiger partial charge in [-0.3, -0.25) is 14.9 Å². The van der Waals surface area contributed by atoms with Crippen molar-refractivity contribution in [3.8, 4) is 0 Å². The molecule has 98 valence electrons. The molecule has 1 aromatic carbocycles. The standard InChI is InChI=1S/C11H8ClN3O4/c1-6-5-9(14-19-6)13-11(16)7-3-2-4-8(10(7)12)15(17)18/h2-5H,1H3,(H,13,14,16). The lowest BCUT2D eigenvalue weighted by Crippen LogP contribution is -2.13. The first-order valence-corrected chi connectivity index (χ1v) is 5.54. The van der Waals surface area contributed by atoms with Crippen LogP contribution in [-0.4, -0.2) is 16.0 Å². The Balaban J connectivity index is 2.29. The van der Waals surface area contributed by atoms with E-state index in [0.29, 0.717) is 5.76 Å². The number of carbonyl (C=O) groups excluding carboxylic acids is 1. The molecule has 0 aliphatic carbocycles. The number of aryl methyl sites for hydroxylation is 1. The highest BCUT2D eigenvalue weighted by molar-refractivity contribution is 6.36. The summed E-state index contributed by atoms with van der Waals surface area (Å²) in [4.78, 5) is 22.0. The molecule has 0 aliphatic heterocycles. The van der Waals surface area contributed by atoms with Crippen molar-refractivity contribution in [2.45, 2.75) is 6.92 Å². The van der Waals surface area contributed by atoms with E-state index in [1.54, 1.807) is 6.92 Å². The number of aromatic nitrogens is 1. The quantitative estimate of drug-likeness (QED) is 0.689. The van der Waals surface area contributed by atoms with Crippen molar-refractivity contribution >= 4 is 29.0 Å².